The minimum absolute atomic E-state index is 0.334. The minimum Gasteiger partial charge on any atom is -0.407 e. The van der Waals surface area contributed by atoms with E-state index in [-0.39, 0.29) is 0 Å². The molecule has 0 fully saturated rings. The molecule has 2 heterocycles. The van der Waals surface area contributed by atoms with Crippen LogP contribution in [0.4, 0.5) is 4.79 Å². The Morgan fingerprint density at radius 1 is 1.21 bits per heavy atom. The standard InChI is InChI=1S/C14H11N3O2/c15-14(18)19-11-8-17-12-10(6-7-16-13(11)12)9-4-2-1-3-5-9/h1-8,17H,(H2,15,18). The molecule has 0 aliphatic carbocycles. The van der Waals surface area contributed by atoms with E-state index in [1.165, 1.54) is 0 Å². The molecule has 0 saturated heterocycles. The highest BCUT2D eigenvalue weighted by Crippen LogP contribution is 2.31. The van der Waals surface area contributed by atoms with Gasteiger partial charge >= 0.3 is 6.09 Å². The maximum absolute atomic E-state index is 10.8. The van der Waals surface area contributed by atoms with Gasteiger partial charge in [-0.15, -0.1) is 0 Å². The molecule has 3 aromatic rings. The van der Waals surface area contributed by atoms with Gasteiger partial charge in [0.2, 0.25) is 0 Å². The van der Waals surface area contributed by atoms with Crippen LogP contribution in [0.15, 0.2) is 48.8 Å². The topological polar surface area (TPSA) is 81.0 Å². The SMILES string of the molecule is NC(=O)Oc1c[nH]c2c(-c3ccccc3)ccnc12. The number of H-pyrrole nitrogens is 1. The average molecular weight is 253 g/mol. The fraction of sp³-hybridized carbons (Fsp3) is 0. The minimum atomic E-state index is -0.854. The first kappa shape index (κ1) is 11.3. The Morgan fingerprint density at radius 3 is 2.74 bits per heavy atom. The molecular formula is C14H11N3O2. The van der Waals surface area contributed by atoms with Gasteiger partial charge in [0, 0.05) is 18.0 Å². The maximum atomic E-state index is 10.8. The second-order valence-corrected chi connectivity index (χ2v) is 4.02. The van der Waals surface area contributed by atoms with Crippen LogP contribution in [-0.2, 0) is 0 Å². The van der Waals surface area contributed by atoms with E-state index in [0.717, 1.165) is 16.6 Å². The molecule has 5 nitrogen and oxygen atoms in total. The number of nitrogens with two attached hydrogens (primary N) is 1. The lowest BCUT2D eigenvalue weighted by Crippen LogP contribution is -2.16. The van der Waals surface area contributed by atoms with E-state index in [4.69, 9.17) is 10.5 Å². The molecule has 1 aromatic carbocycles. The fourth-order valence-electron chi connectivity index (χ4n) is 2.05. The van der Waals surface area contributed by atoms with E-state index < -0.39 is 6.09 Å². The first-order chi connectivity index (χ1) is 9.25. The molecule has 0 aliphatic rings. The molecule has 0 bridgehead atoms. The predicted molar refractivity (Wildman–Crippen MR) is 71.7 cm³/mol. The van der Waals surface area contributed by atoms with E-state index in [1.807, 2.05) is 36.4 Å². The lowest BCUT2D eigenvalue weighted by atomic mass is 10.1. The fourth-order valence-corrected chi connectivity index (χ4v) is 2.05. The third kappa shape index (κ3) is 2.01. The van der Waals surface area contributed by atoms with Crippen LogP contribution in [0.5, 0.6) is 5.75 Å². The number of aromatic nitrogens is 2. The molecule has 2 aromatic heterocycles. The van der Waals surface area contributed by atoms with Gasteiger partial charge < -0.3 is 15.5 Å². The van der Waals surface area contributed by atoms with Gasteiger partial charge in [0.1, 0.15) is 5.52 Å². The first-order valence-corrected chi connectivity index (χ1v) is 5.74. The van der Waals surface area contributed by atoms with Crippen LogP contribution in [0.3, 0.4) is 0 Å². The quantitative estimate of drug-likeness (QED) is 0.736. The number of fused-ring (bicyclic) bond motifs is 1. The Kier molecular flexibility index (Phi) is 2.64. The summed E-state index contributed by atoms with van der Waals surface area (Å²) in [5, 5.41) is 0. The zero-order chi connectivity index (χ0) is 13.2. The second-order valence-electron chi connectivity index (χ2n) is 4.02. The van der Waals surface area contributed by atoms with E-state index in [0.29, 0.717) is 11.3 Å². The van der Waals surface area contributed by atoms with Crippen molar-refractivity contribution in [2.24, 2.45) is 5.73 Å². The van der Waals surface area contributed by atoms with Crippen LogP contribution in [0.2, 0.25) is 0 Å². The molecule has 19 heavy (non-hydrogen) atoms. The van der Waals surface area contributed by atoms with Gasteiger partial charge in [-0.05, 0) is 11.6 Å². The number of benzene rings is 1. The summed E-state index contributed by atoms with van der Waals surface area (Å²) < 4.78 is 4.90. The number of primary amides is 1. The van der Waals surface area contributed by atoms with Crippen molar-refractivity contribution >= 4 is 17.1 Å². The summed E-state index contributed by atoms with van der Waals surface area (Å²) in [5.41, 5.74) is 8.46. The van der Waals surface area contributed by atoms with Gasteiger partial charge in [-0.3, -0.25) is 4.98 Å². The highest BCUT2D eigenvalue weighted by molar-refractivity contribution is 5.95. The third-order valence-electron chi connectivity index (χ3n) is 2.83. The molecule has 3 N–H and O–H groups in total. The van der Waals surface area contributed by atoms with Crippen LogP contribution in [0.25, 0.3) is 22.2 Å². The number of nitrogens with zero attached hydrogens (tertiary/aromatic N) is 1. The van der Waals surface area contributed by atoms with Crippen molar-refractivity contribution in [2.75, 3.05) is 0 Å². The highest BCUT2D eigenvalue weighted by atomic mass is 16.5. The lowest BCUT2D eigenvalue weighted by molar-refractivity contribution is 0.211. The Bertz CT molecular complexity index is 735. The van der Waals surface area contributed by atoms with Crippen molar-refractivity contribution in [3.63, 3.8) is 0 Å². The summed E-state index contributed by atoms with van der Waals surface area (Å²) in [5.74, 6) is 0.334. The molecule has 0 spiro atoms. The van der Waals surface area contributed by atoms with Crippen molar-refractivity contribution in [3.8, 4) is 16.9 Å². The summed E-state index contributed by atoms with van der Waals surface area (Å²) in [6.45, 7) is 0. The van der Waals surface area contributed by atoms with Crippen molar-refractivity contribution in [1.82, 2.24) is 9.97 Å². The molecule has 0 saturated carbocycles. The third-order valence-corrected chi connectivity index (χ3v) is 2.83. The van der Waals surface area contributed by atoms with Gasteiger partial charge in [0.05, 0.1) is 5.52 Å². The zero-order valence-corrected chi connectivity index (χ0v) is 9.96. The Hall–Kier alpha value is -2.82. The average Bonchev–Trinajstić information content (AvgIpc) is 2.82. The molecular weight excluding hydrogens is 242 g/mol. The van der Waals surface area contributed by atoms with Gasteiger partial charge in [0.15, 0.2) is 5.75 Å². The molecule has 5 heteroatoms. The van der Waals surface area contributed by atoms with Gasteiger partial charge in [-0.25, -0.2) is 4.79 Å². The molecule has 0 unspecified atom stereocenters. The Labute approximate surface area is 109 Å². The van der Waals surface area contributed by atoms with E-state index in [9.17, 15) is 4.79 Å². The number of ether oxygens (including phenoxy) is 1. The Morgan fingerprint density at radius 2 is 2.00 bits per heavy atom. The van der Waals surface area contributed by atoms with Crippen LogP contribution in [0, 0.1) is 0 Å². The number of hydrogen-bond donors (Lipinski definition) is 2. The molecule has 0 atom stereocenters. The van der Waals surface area contributed by atoms with Crippen LogP contribution >= 0.6 is 0 Å². The monoisotopic (exact) mass is 253 g/mol. The lowest BCUT2D eigenvalue weighted by Gasteiger charge is -2.03. The van der Waals surface area contributed by atoms with Crippen LogP contribution in [-0.4, -0.2) is 16.1 Å². The number of hydrogen-bond acceptors (Lipinski definition) is 3. The Balaban J connectivity index is 2.18. The van der Waals surface area contributed by atoms with Crippen molar-refractivity contribution < 1.29 is 9.53 Å². The number of pyridine rings is 1. The molecule has 94 valence electrons. The van der Waals surface area contributed by atoms with Crippen molar-refractivity contribution in [2.45, 2.75) is 0 Å². The summed E-state index contributed by atoms with van der Waals surface area (Å²) in [6, 6.07) is 11.8. The van der Waals surface area contributed by atoms with Crippen LogP contribution < -0.4 is 10.5 Å². The smallest absolute Gasteiger partial charge is 0.407 e. The number of carbonyl (C=O) groups is 1. The van der Waals surface area contributed by atoms with E-state index in [1.54, 1.807) is 12.4 Å². The van der Waals surface area contributed by atoms with Gasteiger partial charge in [-0.1, -0.05) is 30.3 Å². The number of aromatic amines is 1. The molecule has 0 aliphatic heterocycles. The molecule has 1 amide bonds. The molecule has 0 radical (unpaired) electrons. The predicted octanol–water partition coefficient (Wildman–Crippen LogP) is 2.69. The summed E-state index contributed by atoms with van der Waals surface area (Å²) in [4.78, 5) is 18.1. The van der Waals surface area contributed by atoms with E-state index >= 15 is 0 Å². The highest BCUT2D eigenvalue weighted by Gasteiger charge is 2.12. The first-order valence-electron chi connectivity index (χ1n) is 5.74. The maximum Gasteiger partial charge on any atom is 0.410 e. The number of carbonyl (C=O) groups excluding carboxylic acids is 1. The van der Waals surface area contributed by atoms with Gasteiger partial charge in [0.25, 0.3) is 0 Å². The largest absolute Gasteiger partial charge is 0.410 e. The zero-order valence-electron chi connectivity index (χ0n) is 9.96. The van der Waals surface area contributed by atoms with Crippen molar-refractivity contribution in [3.05, 3.63) is 48.8 Å². The van der Waals surface area contributed by atoms with Crippen LogP contribution in [0.1, 0.15) is 0 Å². The normalized spacial score (nSPS) is 10.5. The number of rotatable bonds is 2. The second kappa shape index (κ2) is 4.45. The van der Waals surface area contributed by atoms with Gasteiger partial charge in [-0.2, -0.15) is 0 Å². The number of nitrogens with one attached hydrogen (secondary N) is 1. The number of amides is 1. The summed E-state index contributed by atoms with van der Waals surface area (Å²) in [7, 11) is 0. The van der Waals surface area contributed by atoms with E-state index in [2.05, 4.69) is 9.97 Å². The summed E-state index contributed by atoms with van der Waals surface area (Å²) >= 11 is 0. The summed E-state index contributed by atoms with van der Waals surface area (Å²) in [6.07, 6.45) is 2.40. The van der Waals surface area contributed by atoms with Crippen molar-refractivity contribution in [1.29, 1.82) is 0 Å². The molecule has 3 rings (SSSR count).